The lowest BCUT2D eigenvalue weighted by Crippen LogP contribution is -2.27. The van der Waals surface area contributed by atoms with Crippen molar-refractivity contribution < 1.29 is 19.0 Å². The molecular weight excluding hydrogens is 280 g/mol. The van der Waals surface area contributed by atoms with Gasteiger partial charge in [-0.1, -0.05) is 11.2 Å². The van der Waals surface area contributed by atoms with Crippen molar-refractivity contribution in [3.05, 3.63) is 20.8 Å². The number of ether oxygens (including phenoxy) is 1. The minimum Gasteiger partial charge on any atom is -0.616 e. The zero-order valence-corrected chi connectivity index (χ0v) is 11.5. The molecule has 1 aliphatic heterocycles. The molecule has 1 rings (SSSR count). The lowest BCUT2D eigenvalue weighted by molar-refractivity contribution is -0.422. The molecule has 1 N–H and O–H groups in total. The molecule has 0 radical (unpaired) electrons. The molecule has 1 heterocycles. The van der Waals surface area contributed by atoms with Gasteiger partial charge < -0.3 is 14.6 Å². The number of nitrogens with zero attached hydrogens (tertiary/aromatic N) is 1. The molecule has 0 aromatic carbocycles. The van der Waals surface area contributed by atoms with Crippen molar-refractivity contribution >= 4 is 28.9 Å². The fraction of sp³-hybridized carbons (Fsp3) is 0.667. The maximum Gasteiger partial charge on any atom is 0.412 e. The van der Waals surface area contributed by atoms with Crippen LogP contribution in [0.25, 0.3) is 0 Å². The summed E-state index contributed by atoms with van der Waals surface area (Å²) < 4.78 is 15.5. The van der Waals surface area contributed by atoms with Crippen molar-refractivity contribution in [3.8, 4) is 0 Å². The van der Waals surface area contributed by atoms with E-state index < -0.39 is 27.8 Å². The summed E-state index contributed by atoms with van der Waals surface area (Å²) in [5.41, 5.74) is -0.568. The van der Waals surface area contributed by atoms with Crippen LogP contribution in [-0.2, 0) is 20.7 Å². The largest absolute Gasteiger partial charge is 0.616 e. The van der Waals surface area contributed by atoms with Crippen LogP contribution in [0.15, 0.2) is 10.7 Å². The van der Waals surface area contributed by atoms with Gasteiger partial charge in [0.15, 0.2) is 5.03 Å². The molecule has 102 valence electrons. The Morgan fingerprint density at radius 2 is 2.39 bits per heavy atom. The first-order chi connectivity index (χ1) is 8.52. The van der Waals surface area contributed by atoms with Gasteiger partial charge in [0.25, 0.3) is 0 Å². The summed E-state index contributed by atoms with van der Waals surface area (Å²) >= 11 is 0.139. The van der Waals surface area contributed by atoms with Gasteiger partial charge in [0.2, 0.25) is 0 Å². The number of carbonyl (C=O) groups is 1. The SMILES string of the molecule is C[S+]([O-])CCOC(=O)C(=C1NCCCS1)[N+](=O)[O-]. The van der Waals surface area contributed by atoms with E-state index in [4.69, 9.17) is 4.74 Å². The standard InChI is InChI=1S/C9H14N2O5S2/c1-18(15)6-4-16-9(12)7(11(13)14)8-10-3-2-5-17-8/h10H,2-6H2,1H3. The number of esters is 1. The topological polar surface area (TPSA) is 105 Å². The molecule has 0 amide bonds. The molecule has 1 saturated heterocycles. The van der Waals surface area contributed by atoms with Crippen LogP contribution in [0.2, 0.25) is 0 Å². The summed E-state index contributed by atoms with van der Waals surface area (Å²) in [4.78, 5) is 21.7. The molecule has 1 aliphatic rings. The van der Waals surface area contributed by atoms with E-state index in [0.717, 1.165) is 12.2 Å². The molecule has 0 aromatic heterocycles. The first-order valence-corrected chi connectivity index (χ1v) is 7.96. The van der Waals surface area contributed by atoms with Crippen molar-refractivity contribution in [2.75, 3.05) is 30.9 Å². The van der Waals surface area contributed by atoms with Gasteiger partial charge in [0, 0.05) is 12.3 Å². The molecule has 1 atom stereocenters. The number of nitrogens with one attached hydrogen (secondary N) is 1. The van der Waals surface area contributed by atoms with E-state index in [1.54, 1.807) is 0 Å². The van der Waals surface area contributed by atoms with Gasteiger partial charge in [-0.25, -0.2) is 4.79 Å². The third-order valence-electron chi connectivity index (χ3n) is 2.05. The third kappa shape index (κ3) is 4.75. The van der Waals surface area contributed by atoms with Gasteiger partial charge in [-0.3, -0.25) is 10.1 Å². The Balaban J connectivity index is 2.66. The highest BCUT2D eigenvalue weighted by Crippen LogP contribution is 2.22. The van der Waals surface area contributed by atoms with Crippen LogP contribution < -0.4 is 5.32 Å². The molecule has 0 aromatic rings. The smallest absolute Gasteiger partial charge is 0.412 e. The van der Waals surface area contributed by atoms with Crippen LogP contribution in [-0.4, -0.2) is 46.4 Å². The second kappa shape index (κ2) is 7.49. The Bertz CT molecular complexity index is 351. The van der Waals surface area contributed by atoms with Gasteiger partial charge in [-0.05, 0) is 6.42 Å². The van der Waals surface area contributed by atoms with Crippen molar-refractivity contribution in [3.63, 3.8) is 0 Å². The summed E-state index contributed by atoms with van der Waals surface area (Å²) in [6.07, 6.45) is 2.36. The highest BCUT2D eigenvalue weighted by atomic mass is 32.2. The maximum absolute atomic E-state index is 11.6. The molecule has 0 spiro atoms. The van der Waals surface area contributed by atoms with Crippen LogP contribution in [0.1, 0.15) is 6.42 Å². The normalized spacial score (nSPS) is 19.7. The second-order valence-electron chi connectivity index (χ2n) is 3.48. The van der Waals surface area contributed by atoms with Crippen molar-refractivity contribution in [2.45, 2.75) is 6.42 Å². The fourth-order valence-corrected chi connectivity index (χ4v) is 2.53. The van der Waals surface area contributed by atoms with Gasteiger partial charge in [-0.15, -0.1) is 11.8 Å². The molecule has 9 heteroatoms. The fourth-order valence-electron chi connectivity index (χ4n) is 1.22. The van der Waals surface area contributed by atoms with E-state index in [1.807, 2.05) is 0 Å². The lowest BCUT2D eigenvalue weighted by Gasteiger charge is -2.15. The van der Waals surface area contributed by atoms with E-state index in [2.05, 4.69) is 5.32 Å². The van der Waals surface area contributed by atoms with E-state index in [-0.39, 0.29) is 17.4 Å². The van der Waals surface area contributed by atoms with E-state index in [9.17, 15) is 19.5 Å². The summed E-state index contributed by atoms with van der Waals surface area (Å²) in [6, 6.07) is 0. The zero-order chi connectivity index (χ0) is 13.5. The second-order valence-corrected chi connectivity index (χ2v) is 6.14. The average molecular weight is 294 g/mol. The van der Waals surface area contributed by atoms with Crippen molar-refractivity contribution in [1.82, 2.24) is 5.32 Å². The zero-order valence-electron chi connectivity index (χ0n) is 9.84. The molecule has 0 saturated carbocycles. The number of carbonyl (C=O) groups excluding carboxylic acids is 1. The summed E-state index contributed by atoms with van der Waals surface area (Å²) in [5, 5.41) is 13.9. The van der Waals surface area contributed by atoms with Gasteiger partial charge in [-0.2, -0.15) is 0 Å². The summed E-state index contributed by atoms with van der Waals surface area (Å²) in [6.45, 7) is 0.517. The van der Waals surface area contributed by atoms with E-state index >= 15 is 0 Å². The quantitative estimate of drug-likeness (QED) is 0.252. The van der Waals surface area contributed by atoms with Crippen molar-refractivity contribution in [1.29, 1.82) is 0 Å². The molecule has 0 aliphatic carbocycles. The Labute approximate surface area is 112 Å². The number of rotatable bonds is 5. The molecule has 1 unspecified atom stereocenters. The predicted molar refractivity (Wildman–Crippen MR) is 69.0 cm³/mol. The Kier molecular flexibility index (Phi) is 6.30. The number of nitro groups is 1. The molecular formula is C9H14N2O5S2. The van der Waals surface area contributed by atoms with E-state index in [1.165, 1.54) is 18.0 Å². The van der Waals surface area contributed by atoms with Crippen LogP contribution >= 0.6 is 11.8 Å². The Morgan fingerprint density at radius 3 is 2.89 bits per heavy atom. The van der Waals surface area contributed by atoms with Gasteiger partial charge in [0.05, 0.1) is 11.2 Å². The van der Waals surface area contributed by atoms with E-state index in [0.29, 0.717) is 6.54 Å². The average Bonchev–Trinajstić information content (AvgIpc) is 2.29. The first-order valence-electron chi connectivity index (χ1n) is 5.25. The summed E-state index contributed by atoms with van der Waals surface area (Å²) in [7, 11) is 0. The summed E-state index contributed by atoms with van der Waals surface area (Å²) in [5.74, 6) is -0.0826. The minimum absolute atomic E-state index is 0.0861. The van der Waals surface area contributed by atoms with Gasteiger partial charge in [0.1, 0.15) is 12.4 Å². The molecule has 1 fully saturated rings. The highest BCUT2D eigenvalue weighted by molar-refractivity contribution is 8.03. The lowest BCUT2D eigenvalue weighted by atomic mass is 10.4. The number of thioether (sulfide) groups is 1. The van der Waals surface area contributed by atoms with Crippen LogP contribution in [0.3, 0.4) is 0 Å². The Morgan fingerprint density at radius 1 is 1.67 bits per heavy atom. The van der Waals surface area contributed by atoms with Crippen LogP contribution in [0.4, 0.5) is 0 Å². The number of hydrogen-bond donors (Lipinski definition) is 1. The first kappa shape index (κ1) is 15.1. The van der Waals surface area contributed by atoms with Crippen molar-refractivity contribution in [2.24, 2.45) is 0 Å². The maximum atomic E-state index is 11.6. The number of hydrogen-bond acceptors (Lipinski definition) is 7. The predicted octanol–water partition coefficient (Wildman–Crippen LogP) is 0.0804. The molecule has 0 bridgehead atoms. The Hall–Kier alpha value is -0.930. The minimum atomic E-state index is -1.09. The monoisotopic (exact) mass is 294 g/mol. The van der Waals surface area contributed by atoms with Crippen LogP contribution in [0.5, 0.6) is 0 Å². The third-order valence-corrected chi connectivity index (χ3v) is 3.91. The van der Waals surface area contributed by atoms with Crippen LogP contribution in [0, 0.1) is 10.1 Å². The molecule has 18 heavy (non-hydrogen) atoms. The highest BCUT2D eigenvalue weighted by Gasteiger charge is 2.31. The molecule has 7 nitrogen and oxygen atoms in total. The van der Waals surface area contributed by atoms with Gasteiger partial charge >= 0.3 is 11.7 Å².